The van der Waals surface area contributed by atoms with E-state index in [9.17, 15) is 29.1 Å². The molecule has 0 aliphatic rings. The third-order valence-corrected chi connectivity index (χ3v) is 10.4. The summed E-state index contributed by atoms with van der Waals surface area (Å²) in [5, 5.41) is 16.1. The Kier molecular flexibility index (Phi) is 27.9. The molecular formula is C45H80N6O7. The second-order valence-electron chi connectivity index (χ2n) is 16.3. The molecule has 0 aliphatic carbocycles. The van der Waals surface area contributed by atoms with E-state index < -0.39 is 36.0 Å². The van der Waals surface area contributed by atoms with Gasteiger partial charge in [0.2, 0.25) is 11.8 Å². The number of aliphatic carboxylic acids is 1. The summed E-state index contributed by atoms with van der Waals surface area (Å²) in [6.45, 7) is 18.9. The maximum Gasteiger partial charge on any atom is 0.306 e. The Balaban J connectivity index is 0.00000256. The van der Waals surface area contributed by atoms with Gasteiger partial charge < -0.3 is 41.7 Å². The van der Waals surface area contributed by atoms with Gasteiger partial charge in [-0.05, 0) is 95.6 Å². The number of esters is 1. The predicted molar refractivity (Wildman–Crippen MR) is 235 cm³/mol. The third kappa shape index (κ3) is 22.7. The van der Waals surface area contributed by atoms with E-state index in [-0.39, 0.29) is 42.0 Å². The van der Waals surface area contributed by atoms with Gasteiger partial charge in [0.25, 0.3) is 5.91 Å². The molecule has 0 spiro atoms. The molecule has 0 saturated heterocycles. The fourth-order valence-electron chi connectivity index (χ4n) is 6.81. The second kappa shape index (κ2) is 30.0. The van der Waals surface area contributed by atoms with Gasteiger partial charge in [-0.3, -0.25) is 24.0 Å². The van der Waals surface area contributed by atoms with E-state index >= 15 is 0 Å². The first-order valence-corrected chi connectivity index (χ1v) is 21.5. The highest BCUT2D eigenvalue weighted by Crippen LogP contribution is 2.26. The topological polar surface area (TPSA) is 197 Å². The molecule has 13 nitrogen and oxygen atoms in total. The number of ether oxygens (including phenoxy) is 1. The zero-order valence-electron chi connectivity index (χ0n) is 37.8. The van der Waals surface area contributed by atoms with E-state index in [1.807, 2.05) is 38.1 Å². The van der Waals surface area contributed by atoms with Crippen LogP contribution in [0.1, 0.15) is 139 Å². The number of carbonyl (C=O) groups is 5. The number of carbonyl (C=O) groups excluding carboxylic acids is 4. The van der Waals surface area contributed by atoms with Crippen LogP contribution in [0.5, 0.6) is 0 Å². The van der Waals surface area contributed by atoms with Crippen molar-refractivity contribution in [2.75, 3.05) is 32.9 Å². The summed E-state index contributed by atoms with van der Waals surface area (Å²) in [4.78, 5) is 65.8. The van der Waals surface area contributed by atoms with Crippen LogP contribution >= 0.6 is 0 Å². The van der Waals surface area contributed by atoms with Crippen molar-refractivity contribution in [3.8, 4) is 0 Å². The summed E-state index contributed by atoms with van der Waals surface area (Å²) in [6.07, 6.45) is 9.68. The Morgan fingerprint density at radius 1 is 0.862 bits per heavy atom. The normalized spacial score (nSPS) is 14.6. The van der Waals surface area contributed by atoms with Crippen molar-refractivity contribution < 1.29 is 33.8 Å². The number of nitrogen functional groups attached to an aromatic ring is 1. The highest BCUT2D eigenvalue weighted by atomic mass is 16.5. The molecule has 0 radical (unpaired) electrons. The predicted octanol–water partition coefficient (Wildman–Crippen LogP) is 6.68. The number of amides is 3. The largest absolute Gasteiger partial charge is 0.481 e. The van der Waals surface area contributed by atoms with Gasteiger partial charge in [0.05, 0.1) is 17.7 Å². The molecule has 0 heterocycles. The summed E-state index contributed by atoms with van der Waals surface area (Å²) in [6, 6.07) is 6.26. The van der Waals surface area contributed by atoms with E-state index in [0.29, 0.717) is 43.6 Å². The summed E-state index contributed by atoms with van der Waals surface area (Å²) >= 11 is 0. The fraction of sp³-hybridized carbons (Fsp3) is 0.711. The Morgan fingerprint density at radius 2 is 1.50 bits per heavy atom. The average molecular weight is 817 g/mol. The molecule has 58 heavy (non-hydrogen) atoms. The summed E-state index contributed by atoms with van der Waals surface area (Å²) in [7, 11) is 4.10. The van der Waals surface area contributed by atoms with Crippen molar-refractivity contribution in [2.45, 2.75) is 164 Å². The maximum atomic E-state index is 13.8. The molecule has 0 aromatic heterocycles. The molecule has 0 fully saturated rings. The zero-order valence-corrected chi connectivity index (χ0v) is 37.8. The van der Waals surface area contributed by atoms with E-state index in [2.05, 4.69) is 50.2 Å². The molecular weight excluding hydrogens is 737 g/mol. The standard InChI is InChI=1S/C37H62N4O6.C8H18N2O/c1-10-14-15-34(43)41(20-11-2)32(24(5)6)23-33(47-27(9)42)35(25(7)12-3)40-31(13-4)36(44)39-30(21-26(8)37(45)46)22-28-16-18-29(38)19-17-28;1-10(2)7-5-3-4-6-8(9)11/h13,16-19,24-26,30,32-33,35,40H,10-12,14-15,20-23,38H2,1-9H3,(H,39,44)(H,45,46);3-7H2,1-2H3,(H2,9,11)/b31-13-;. The third-order valence-electron chi connectivity index (χ3n) is 10.4. The SMILES string of the molecule is C/C=C(\NC(C(C)CC)C(CC(C(C)C)N(CCC)C(=O)CCCC)OC(C)=O)C(=O)NC(Cc1ccc(N)cc1)CC(C)C(=O)O.CN(C)CCCCCC(N)=O. The minimum Gasteiger partial charge on any atom is -0.481 e. The van der Waals surface area contributed by atoms with E-state index in [1.54, 1.807) is 32.1 Å². The van der Waals surface area contributed by atoms with Gasteiger partial charge in [-0.1, -0.05) is 85.9 Å². The van der Waals surface area contributed by atoms with Gasteiger partial charge >= 0.3 is 11.9 Å². The highest BCUT2D eigenvalue weighted by molar-refractivity contribution is 5.93. The van der Waals surface area contributed by atoms with Crippen molar-refractivity contribution in [1.82, 2.24) is 20.4 Å². The number of nitrogens with two attached hydrogens (primary N) is 2. The lowest BCUT2D eigenvalue weighted by Crippen LogP contribution is -2.53. The first-order valence-electron chi connectivity index (χ1n) is 21.5. The first kappa shape index (κ1) is 53.9. The molecule has 7 N–H and O–H groups in total. The monoisotopic (exact) mass is 817 g/mol. The molecule has 6 atom stereocenters. The van der Waals surface area contributed by atoms with Crippen LogP contribution in [0.4, 0.5) is 5.69 Å². The smallest absolute Gasteiger partial charge is 0.306 e. The van der Waals surface area contributed by atoms with Gasteiger partial charge in [0.1, 0.15) is 6.10 Å². The molecule has 0 saturated carbocycles. The van der Waals surface area contributed by atoms with Crippen LogP contribution < -0.4 is 22.1 Å². The van der Waals surface area contributed by atoms with Gasteiger partial charge in [0, 0.05) is 50.5 Å². The van der Waals surface area contributed by atoms with Crippen LogP contribution in [0.15, 0.2) is 36.0 Å². The number of rotatable bonds is 28. The second-order valence-corrected chi connectivity index (χ2v) is 16.3. The zero-order chi connectivity index (χ0) is 44.4. The van der Waals surface area contributed by atoms with Crippen LogP contribution in [0, 0.1) is 17.8 Å². The lowest BCUT2D eigenvalue weighted by Gasteiger charge is -2.40. The molecule has 1 aromatic rings. The maximum absolute atomic E-state index is 13.8. The van der Waals surface area contributed by atoms with Crippen molar-refractivity contribution in [3.05, 3.63) is 41.6 Å². The number of primary amides is 1. The number of anilines is 1. The quantitative estimate of drug-likeness (QED) is 0.0263. The Morgan fingerprint density at radius 3 is 1.98 bits per heavy atom. The molecule has 13 heteroatoms. The summed E-state index contributed by atoms with van der Waals surface area (Å²) in [5.74, 6) is -2.37. The van der Waals surface area contributed by atoms with E-state index in [0.717, 1.165) is 57.1 Å². The Bertz CT molecular complexity index is 1380. The van der Waals surface area contributed by atoms with Crippen molar-refractivity contribution >= 4 is 35.3 Å². The first-order chi connectivity index (χ1) is 27.3. The van der Waals surface area contributed by atoms with Crippen LogP contribution in [0.2, 0.25) is 0 Å². The van der Waals surface area contributed by atoms with Crippen molar-refractivity contribution in [3.63, 3.8) is 0 Å². The van der Waals surface area contributed by atoms with E-state index in [4.69, 9.17) is 16.2 Å². The number of carboxylic acids is 1. The van der Waals surface area contributed by atoms with Crippen molar-refractivity contribution in [2.24, 2.45) is 23.5 Å². The van der Waals surface area contributed by atoms with Crippen LogP contribution in [0.3, 0.4) is 0 Å². The van der Waals surface area contributed by atoms with Crippen LogP contribution in [-0.2, 0) is 35.1 Å². The van der Waals surface area contributed by atoms with Crippen LogP contribution in [-0.4, -0.2) is 96.0 Å². The van der Waals surface area contributed by atoms with Gasteiger partial charge in [-0.15, -0.1) is 0 Å². The number of unbranched alkanes of at least 4 members (excludes halogenated alkanes) is 3. The number of benzene rings is 1. The lowest BCUT2D eigenvalue weighted by atomic mass is 9.86. The average Bonchev–Trinajstić information content (AvgIpc) is 3.15. The summed E-state index contributed by atoms with van der Waals surface area (Å²) < 4.78 is 6.01. The Hall–Kier alpha value is -4.13. The molecule has 1 aromatic carbocycles. The minimum absolute atomic E-state index is 0.00272. The highest BCUT2D eigenvalue weighted by Gasteiger charge is 2.36. The van der Waals surface area contributed by atoms with Crippen molar-refractivity contribution in [1.29, 1.82) is 0 Å². The van der Waals surface area contributed by atoms with Crippen LogP contribution in [0.25, 0.3) is 0 Å². The lowest BCUT2D eigenvalue weighted by molar-refractivity contribution is -0.151. The Labute approximate surface area is 350 Å². The van der Waals surface area contributed by atoms with E-state index in [1.165, 1.54) is 6.92 Å². The molecule has 0 bridgehead atoms. The molecule has 332 valence electrons. The summed E-state index contributed by atoms with van der Waals surface area (Å²) in [5.41, 5.74) is 12.7. The molecule has 1 rings (SSSR count). The fourth-order valence-corrected chi connectivity index (χ4v) is 6.81. The number of nitrogens with one attached hydrogen (secondary N) is 2. The number of hydrogen-bond acceptors (Lipinski definition) is 9. The number of hydrogen-bond donors (Lipinski definition) is 5. The number of nitrogens with zero attached hydrogens (tertiary/aromatic N) is 2. The number of carboxylic acid groups (broad SMARTS) is 1. The molecule has 3 amide bonds. The molecule has 6 unspecified atom stereocenters. The van der Waals surface area contributed by atoms with Gasteiger partial charge in [-0.25, -0.2) is 0 Å². The van der Waals surface area contributed by atoms with Gasteiger partial charge in [0.15, 0.2) is 0 Å². The number of allylic oxidation sites excluding steroid dienone is 1. The van der Waals surface area contributed by atoms with Gasteiger partial charge in [-0.2, -0.15) is 0 Å². The molecule has 0 aliphatic heterocycles. The minimum atomic E-state index is -0.933.